The van der Waals surface area contributed by atoms with Crippen molar-refractivity contribution >= 4 is 0 Å². The van der Waals surface area contributed by atoms with Gasteiger partial charge in [-0.05, 0) is 18.6 Å². The molecule has 4 nitrogen and oxygen atoms in total. The summed E-state index contributed by atoms with van der Waals surface area (Å²) in [5.41, 5.74) is -0.335. The van der Waals surface area contributed by atoms with Crippen LogP contribution in [0, 0.1) is 0 Å². The average Bonchev–Trinajstić information content (AvgIpc) is 2.74. The van der Waals surface area contributed by atoms with Crippen molar-refractivity contribution in [1.82, 2.24) is 14.8 Å². The van der Waals surface area contributed by atoms with E-state index in [1.165, 1.54) is 10.9 Å². The molecule has 2 aromatic heterocycles. The highest BCUT2D eigenvalue weighted by Gasteiger charge is 2.36. The molecule has 0 aliphatic heterocycles. The molecule has 2 rings (SSSR count). The second kappa shape index (κ2) is 5.40. The molecule has 0 saturated heterocycles. The fraction of sp³-hybridized carbons (Fsp3) is 0.333. The van der Waals surface area contributed by atoms with Gasteiger partial charge in [0, 0.05) is 24.6 Å². The van der Waals surface area contributed by atoms with Crippen LogP contribution in [-0.2, 0) is 19.1 Å². The molecule has 0 spiro atoms. The van der Waals surface area contributed by atoms with Gasteiger partial charge in [0.25, 0.3) is 0 Å². The molecule has 0 bridgehead atoms. The molecule has 19 heavy (non-hydrogen) atoms. The standard InChI is InChI=1S/C12H12F3N3O/c13-12(14,15)11-9(4-6-19)7-18(17-11)8-10-3-1-2-5-16-10/h1-3,5,7,19H,4,6,8H2. The van der Waals surface area contributed by atoms with Crippen LogP contribution >= 0.6 is 0 Å². The van der Waals surface area contributed by atoms with Crippen molar-refractivity contribution in [3.8, 4) is 0 Å². The van der Waals surface area contributed by atoms with Gasteiger partial charge >= 0.3 is 6.18 Å². The highest BCUT2D eigenvalue weighted by atomic mass is 19.4. The van der Waals surface area contributed by atoms with Crippen LogP contribution in [0.5, 0.6) is 0 Å². The average molecular weight is 271 g/mol. The van der Waals surface area contributed by atoms with Crippen LogP contribution in [0.25, 0.3) is 0 Å². The van der Waals surface area contributed by atoms with Gasteiger partial charge in [-0.25, -0.2) is 0 Å². The summed E-state index contributed by atoms with van der Waals surface area (Å²) in [6.07, 6.45) is -1.72. The van der Waals surface area contributed by atoms with Crippen molar-refractivity contribution in [2.75, 3.05) is 6.61 Å². The third-order valence-electron chi connectivity index (χ3n) is 2.54. The minimum atomic E-state index is -4.51. The number of pyridine rings is 1. The fourth-order valence-electron chi connectivity index (χ4n) is 1.74. The van der Waals surface area contributed by atoms with Gasteiger partial charge in [-0.15, -0.1) is 0 Å². The molecule has 0 fully saturated rings. The lowest BCUT2D eigenvalue weighted by Gasteiger charge is -2.04. The zero-order chi connectivity index (χ0) is 13.9. The maximum Gasteiger partial charge on any atom is 0.435 e. The van der Waals surface area contributed by atoms with E-state index in [4.69, 9.17) is 5.11 Å². The minimum Gasteiger partial charge on any atom is -0.396 e. The van der Waals surface area contributed by atoms with Crippen LogP contribution in [0.3, 0.4) is 0 Å². The van der Waals surface area contributed by atoms with Crippen LogP contribution in [0.2, 0.25) is 0 Å². The maximum absolute atomic E-state index is 12.8. The summed E-state index contributed by atoms with van der Waals surface area (Å²) >= 11 is 0. The van der Waals surface area contributed by atoms with E-state index in [2.05, 4.69) is 10.1 Å². The van der Waals surface area contributed by atoms with Gasteiger partial charge in [0.1, 0.15) is 0 Å². The van der Waals surface area contributed by atoms with Gasteiger partial charge < -0.3 is 5.11 Å². The number of hydrogen-bond acceptors (Lipinski definition) is 3. The van der Waals surface area contributed by atoms with Crippen molar-refractivity contribution in [2.24, 2.45) is 0 Å². The first-order valence-electron chi connectivity index (χ1n) is 5.65. The summed E-state index contributed by atoms with van der Waals surface area (Å²) in [5.74, 6) is 0. The van der Waals surface area contributed by atoms with Crippen LogP contribution < -0.4 is 0 Å². The van der Waals surface area contributed by atoms with E-state index in [-0.39, 0.29) is 25.1 Å². The topological polar surface area (TPSA) is 50.9 Å². The number of aliphatic hydroxyl groups is 1. The van der Waals surface area contributed by atoms with E-state index in [1.807, 2.05) is 0 Å². The lowest BCUT2D eigenvalue weighted by Crippen LogP contribution is -2.11. The molecule has 0 aromatic carbocycles. The molecule has 0 radical (unpaired) electrons. The Morgan fingerprint density at radius 2 is 2.05 bits per heavy atom. The minimum absolute atomic E-state index is 0.00840. The zero-order valence-corrected chi connectivity index (χ0v) is 9.93. The van der Waals surface area contributed by atoms with Crippen LogP contribution in [0.4, 0.5) is 13.2 Å². The van der Waals surface area contributed by atoms with Crippen molar-refractivity contribution in [3.05, 3.63) is 47.5 Å². The Morgan fingerprint density at radius 3 is 2.63 bits per heavy atom. The van der Waals surface area contributed by atoms with Gasteiger partial charge in [0.05, 0.1) is 12.2 Å². The summed E-state index contributed by atoms with van der Waals surface area (Å²) in [5, 5.41) is 12.3. The number of rotatable bonds is 4. The van der Waals surface area contributed by atoms with Crippen molar-refractivity contribution in [1.29, 1.82) is 0 Å². The Bertz CT molecular complexity index is 537. The highest BCUT2D eigenvalue weighted by Crippen LogP contribution is 2.30. The van der Waals surface area contributed by atoms with Gasteiger partial charge in [0.2, 0.25) is 0 Å². The van der Waals surface area contributed by atoms with Gasteiger partial charge in [-0.1, -0.05) is 6.07 Å². The normalized spacial score (nSPS) is 11.8. The summed E-state index contributed by atoms with van der Waals surface area (Å²) in [7, 11) is 0. The fourth-order valence-corrected chi connectivity index (χ4v) is 1.74. The van der Waals surface area contributed by atoms with Crippen LogP contribution in [0.15, 0.2) is 30.6 Å². The Hall–Kier alpha value is -1.89. The summed E-state index contributed by atoms with van der Waals surface area (Å²) in [4.78, 5) is 4.03. The Balaban J connectivity index is 2.27. The first-order chi connectivity index (χ1) is 9.00. The molecule has 1 N–H and O–H groups in total. The Kier molecular flexibility index (Phi) is 3.84. The number of aromatic nitrogens is 3. The maximum atomic E-state index is 12.8. The van der Waals surface area contributed by atoms with Gasteiger partial charge in [-0.3, -0.25) is 9.67 Å². The molecule has 2 heterocycles. The Labute approximate surface area is 107 Å². The van der Waals surface area contributed by atoms with E-state index in [0.717, 1.165) is 0 Å². The van der Waals surface area contributed by atoms with E-state index < -0.39 is 11.9 Å². The first kappa shape index (κ1) is 13.5. The lowest BCUT2D eigenvalue weighted by molar-refractivity contribution is -0.142. The van der Waals surface area contributed by atoms with E-state index in [0.29, 0.717) is 5.69 Å². The smallest absolute Gasteiger partial charge is 0.396 e. The lowest BCUT2D eigenvalue weighted by atomic mass is 10.2. The van der Waals surface area contributed by atoms with Gasteiger partial charge in [0.15, 0.2) is 5.69 Å². The number of hydrogen-bond donors (Lipinski definition) is 1. The monoisotopic (exact) mass is 271 g/mol. The third kappa shape index (κ3) is 3.31. The summed E-state index contributed by atoms with van der Waals surface area (Å²) < 4.78 is 39.4. The number of alkyl halides is 3. The zero-order valence-electron chi connectivity index (χ0n) is 9.93. The van der Waals surface area contributed by atoms with Crippen molar-refractivity contribution in [3.63, 3.8) is 0 Å². The third-order valence-corrected chi connectivity index (χ3v) is 2.54. The second-order valence-electron chi connectivity index (χ2n) is 3.99. The second-order valence-corrected chi connectivity index (χ2v) is 3.99. The number of aliphatic hydroxyl groups excluding tert-OH is 1. The molecule has 2 aromatic rings. The summed E-state index contributed by atoms with van der Waals surface area (Å²) in [6.45, 7) is -0.187. The van der Waals surface area contributed by atoms with E-state index in [9.17, 15) is 13.2 Å². The molecule has 102 valence electrons. The van der Waals surface area contributed by atoms with Gasteiger partial charge in [-0.2, -0.15) is 18.3 Å². The predicted octanol–water partition coefficient (Wildman–Crippen LogP) is 1.88. The molecule has 0 amide bonds. The van der Waals surface area contributed by atoms with Crippen molar-refractivity contribution < 1.29 is 18.3 Å². The molecule has 0 saturated carbocycles. The van der Waals surface area contributed by atoms with Crippen LogP contribution in [-0.4, -0.2) is 26.5 Å². The molecular weight excluding hydrogens is 259 g/mol. The van der Waals surface area contributed by atoms with E-state index in [1.54, 1.807) is 24.4 Å². The molecular formula is C12H12F3N3O. The molecule has 0 atom stereocenters. The SMILES string of the molecule is OCCc1cn(Cc2ccccn2)nc1C(F)(F)F. The molecule has 0 aliphatic rings. The highest BCUT2D eigenvalue weighted by molar-refractivity contribution is 5.21. The molecule has 7 heteroatoms. The molecule has 0 unspecified atom stereocenters. The Morgan fingerprint density at radius 1 is 1.26 bits per heavy atom. The van der Waals surface area contributed by atoms with Crippen molar-refractivity contribution in [2.45, 2.75) is 19.1 Å². The number of halogens is 3. The van der Waals surface area contributed by atoms with Crippen LogP contribution in [0.1, 0.15) is 17.0 Å². The summed E-state index contributed by atoms with van der Waals surface area (Å²) in [6, 6.07) is 5.19. The largest absolute Gasteiger partial charge is 0.435 e. The molecule has 0 aliphatic carbocycles. The number of nitrogens with zero attached hydrogens (tertiary/aromatic N) is 3. The van der Waals surface area contributed by atoms with E-state index >= 15 is 0 Å². The predicted molar refractivity (Wildman–Crippen MR) is 61.4 cm³/mol. The first-order valence-corrected chi connectivity index (χ1v) is 5.65. The quantitative estimate of drug-likeness (QED) is 0.923.